The number of benzene rings is 1. The maximum absolute atomic E-state index is 12.1. The molecule has 0 radical (unpaired) electrons. The topological polar surface area (TPSA) is 69.6 Å². The van der Waals surface area contributed by atoms with Gasteiger partial charge < -0.3 is 15.3 Å². The average Bonchev–Trinajstić information content (AvgIpc) is 2.33. The molecule has 1 aromatic carbocycles. The Balaban J connectivity index is 2.76. The van der Waals surface area contributed by atoms with Crippen molar-refractivity contribution in [3.8, 4) is 0 Å². The van der Waals surface area contributed by atoms with Gasteiger partial charge in [-0.3, -0.25) is 4.79 Å². The highest BCUT2D eigenvalue weighted by molar-refractivity contribution is 6.31. The Kier molecular flexibility index (Phi) is 5.82. The van der Waals surface area contributed by atoms with Crippen molar-refractivity contribution in [3.05, 3.63) is 28.8 Å². The molecule has 1 rings (SSSR count). The molecular weight excluding hydrogens is 280 g/mol. The van der Waals surface area contributed by atoms with Crippen molar-refractivity contribution in [1.29, 1.82) is 0 Å². The Bertz CT molecular complexity index is 505. The second kappa shape index (κ2) is 7.14. The molecule has 0 fully saturated rings. The monoisotopic (exact) mass is 298 g/mol. The fourth-order valence-corrected chi connectivity index (χ4v) is 2.06. The van der Waals surface area contributed by atoms with Gasteiger partial charge in [-0.1, -0.05) is 17.7 Å². The van der Waals surface area contributed by atoms with Crippen molar-refractivity contribution in [2.75, 3.05) is 11.9 Å². The molecule has 0 bridgehead atoms. The lowest BCUT2D eigenvalue weighted by molar-refractivity contribution is -0.137. The van der Waals surface area contributed by atoms with Crippen LogP contribution in [0.2, 0.25) is 5.02 Å². The molecule has 2 amide bonds. The molecule has 1 unspecified atom stereocenters. The van der Waals surface area contributed by atoms with Crippen LogP contribution in [-0.4, -0.2) is 34.6 Å². The van der Waals surface area contributed by atoms with E-state index < -0.39 is 5.97 Å². The molecule has 0 saturated carbocycles. The Hall–Kier alpha value is -1.75. The lowest BCUT2D eigenvalue weighted by Crippen LogP contribution is -2.42. The van der Waals surface area contributed by atoms with Gasteiger partial charge in [-0.25, -0.2) is 4.79 Å². The number of aryl methyl sites for hydroxylation is 1. The van der Waals surface area contributed by atoms with Crippen molar-refractivity contribution in [2.24, 2.45) is 0 Å². The van der Waals surface area contributed by atoms with Crippen LogP contribution < -0.4 is 5.32 Å². The molecule has 1 atom stereocenters. The first-order valence-corrected chi connectivity index (χ1v) is 6.78. The molecule has 0 spiro atoms. The van der Waals surface area contributed by atoms with E-state index in [1.54, 1.807) is 26.0 Å². The van der Waals surface area contributed by atoms with Gasteiger partial charge in [0.25, 0.3) is 0 Å². The quantitative estimate of drug-likeness (QED) is 0.875. The maximum atomic E-state index is 12.1. The van der Waals surface area contributed by atoms with Crippen LogP contribution in [-0.2, 0) is 4.79 Å². The summed E-state index contributed by atoms with van der Waals surface area (Å²) in [6, 6.07) is 4.54. The van der Waals surface area contributed by atoms with Crippen LogP contribution >= 0.6 is 11.6 Å². The van der Waals surface area contributed by atoms with Crippen LogP contribution in [0.4, 0.5) is 10.5 Å². The van der Waals surface area contributed by atoms with Crippen LogP contribution in [0.3, 0.4) is 0 Å². The van der Waals surface area contributed by atoms with E-state index in [0.29, 0.717) is 17.3 Å². The predicted octanol–water partition coefficient (Wildman–Crippen LogP) is 3.37. The summed E-state index contributed by atoms with van der Waals surface area (Å²) < 4.78 is 0. The van der Waals surface area contributed by atoms with E-state index in [0.717, 1.165) is 5.56 Å². The molecule has 20 heavy (non-hydrogen) atoms. The highest BCUT2D eigenvalue weighted by Gasteiger charge is 2.20. The number of hydrogen-bond donors (Lipinski definition) is 2. The molecule has 0 aliphatic carbocycles. The fourth-order valence-electron chi connectivity index (χ4n) is 1.88. The van der Waals surface area contributed by atoms with E-state index >= 15 is 0 Å². The second-order valence-electron chi connectivity index (χ2n) is 4.63. The number of carbonyl (C=O) groups excluding carboxylic acids is 1. The van der Waals surface area contributed by atoms with E-state index in [1.807, 2.05) is 13.0 Å². The molecule has 110 valence electrons. The van der Waals surface area contributed by atoms with Crippen molar-refractivity contribution in [2.45, 2.75) is 33.2 Å². The number of amides is 2. The van der Waals surface area contributed by atoms with Crippen LogP contribution in [0.15, 0.2) is 18.2 Å². The summed E-state index contributed by atoms with van der Waals surface area (Å²) >= 11 is 6.00. The number of halogens is 1. The van der Waals surface area contributed by atoms with Gasteiger partial charge in [-0.2, -0.15) is 0 Å². The van der Waals surface area contributed by atoms with E-state index in [9.17, 15) is 9.59 Å². The number of carboxylic acids is 1. The molecule has 5 nitrogen and oxygen atoms in total. The Morgan fingerprint density at radius 3 is 2.60 bits per heavy atom. The molecule has 1 aromatic rings. The average molecular weight is 299 g/mol. The normalized spacial score (nSPS) is 11.8. The summed E-state index contributed by atoms with van der Waals surface area (Å²) in [7, 11) is 0. The number of urea groups is 1. The van der Waals surface area contributed by atoms with Crippen LogP contribution in [0, 0.1) is 6.92 Å². The Labute approximate surface area is 123 Å². The minimum atomic E-state index is -0.929. The van der Waals surface area contributed by atoms with Crippen LogP contribution in [0.5, 0.6) is 0 Å². The third-order valence-corrected chi connectivity index (χ3v) is 3.43. The summed E-state index contributed by atoms with van der Waals surface area (Å²) in [5.41, 5.74) is 1.52. The van der Waals surface area contributed by atoms with E-state index in [1.165, 1.54) is 4.90 Å². The molecule has 6 heteroatoms. The highest BCUT2D eigenvalue weighted by atomic mass is 35.5. The predicted molar refractivity (Wildman–Crippen MR) is 79.3 cm³/mol. The van der Waals surface area contributed by atoms with Gasteiger partial charge in [0, 0.05) is 23.3 Å². The number of rotatable bonds is 5. The molecule has 0 aromatic heterocycles. The lowest BCUT2D eigenvalue weighted by Gasteiger charge is -2.27. The number of nitrogens with zero attached hydrogens (tertiary/aromatic N) is 1. The third-order valence-electron chi connectivity index (χ3n) is 3.03. The van der Waals surface area contributed by atoms with Gasteiger partial charge in [-0.05, 0) is 38.5 Å². The fraction of sp³-hybridized carbons (Fsp3) is 0.429. The number of anilines is 1. The number of carboxylic acid groups (broad SMARTS) is 1. The minimum Gasteiger partial charge on any atom is -0.481 e. The molecule has 2 N–H and O–H groups in total. The Morgan fingerprint density at radius 1 is 1.45 bits per heavy atom. The minimum absolute atomic E-state index is 0.0874. The molecular formula is C14H19ClN2O3. The van der Waals surface area contributed by atoms with Gasteiger partial charge in [-0.15, -0.1) is 0 Å². The number of carbonyl (C=O) groups is 2. The number of nitrogens with one attached hydrogen (secondary N) is 1. The molecule has 0 aliphatic heterocycles. The van der Waals surface area contributed by atoms with E-state index in [2.05, 4.69) is 5.32 Å². The first-order valence-electron chi connectivity index (χ1n) is 6.40. The second-order valence-corrected chi connectivity index (χ2v) is 5.03. The van der Waals surface area contributed by atoms with Crippen LogP contribution in [0.1, 0.15) is 25.8 Å². The summed E-state index contributed by atoms with van der Waals surface area (Å²) in [5.74, 6) is -0.929. The van der Waals surface area contributed by atoms with Gasteiger partial charge in [0.05, 0.1) is 6.42 Å². The number of hydrogen-bond acceptors (Lipinski definition) is 2. The standard InChI is InChI=1S/C14H19ClN2O3/c1-4-17(10(3)7-13(18)19)14(20)16-11-6-5-9(2)12(15)8-11/h5-6,8,10H,4,7H2,1-3H3,(H,16,20)(H,18,19). The third kappa shape index (κ3) is 4.42. The zero-order chi connectivity index (χ0) is 15.3. The highest BCUT2D eigenvalue weighted by Crippen LogP contribution is 2.20. The zero-order valence-corrected chi connectivity index (χ0v) is 12.6. The smallest absolute Gasteiger partial charge is 0.322 e. The SMILES string of the molecule is CCN(C(=O)Nc1ccc(C)c(Cl)c1)C(C)CC(=O)O. The first-order chi connectivity index (χ1) is 9.35. The molecule has 0 heterocycles. The number of aliphatic carboxylic acids is 1. The van der Waals surface area contributed by atoms with Gasteiger partial charge in [0.1, 0.15) is 0 Å². The summed E-state index contributed by atoms with van der Waals surface area (Å²) in [5, 5.41) is 12.1. The zero-order valence-electron chi connectivity index (χ0n) is 11.8. The van der Waals surface area contributed by atoms with Crippen molar-refractivity contribution in [1.82, 2.24) is 4.90 Å². The van der Waals surface area contributed by atoms with Crippen LogP contribution in [0.25, 0.3) is 0 Å². The first kappa shape index (κ1) is 16.3. The lowest BCUT2D eigenvalue weighted by atomic mass is 10.2. The summed E-state index contributed by atoms with van der Waals surface area (Å²) in [6.07, 6.45) is -0.0874. The maximum Gasteiger partial charge on any atom is 0.322 e. The molecule has 0 saturated heterocycles. The van der Waals surface area contributed by atoms with Crippen molar-refractivity contribution in [3.63, 3.8) is 0 Å². The summed E-state index contributed by atoms with van der Waals surface area (Å²) in [6.45, 7) is 5.82. The molecule has 0 aliphatic rings. The van der Waals surface area contributed by atoms with Gasteiger partial charge in [0.2, 0.25) is 0 Å². The van der Waals surface area contributed by atoms with Gasteiger partial charge in [0.15, 0.2) is 0 Å². The summed E-state index contributed by atoms with van der Waals surface area (Å²) in [4.78, 5) is 24.3. The largest absolute Gasteiger partial charge is 0.481 e. The van der Waals surface area contributed by atoms with Gasteiger partial charge >= 0.3 is 12.0 Å². The van der Waals surface area contributed by atoms with E-state index in [4.69, 9.17) is 16.7 Å². The van der Waals surface area contributed by atoms with E-state index in [-0.39, 0.29) is 18.5 Å². The van der Waals surface area contributed by atoms with Crippen molar-refractivity contribution < 1.29 is 14.7 Å². The Morgan fingerprint density at radius 2 is 2.10 bits per heavy atom. The van der Waals surface area contributed by atoms with Crippen molar-refractivity contribution >= 4 is 29.3 Å².